The lowest BCUT2D eigenvalue weighted by molar-refractivity contribution is -0.299. The number of carbonyl (C=O) groups is 2. The molecule has 0 bridgehead atoms. The first kappa shape index (κ1) is 22.8. The molecular formula is C21H28O9. The summed E-state index contributed by atoms with van der Waals surface area (Å²) in [5.41, 5.74) is 1.78. The number of aliphatic hydroxyl groups excluding tert-OH is 4. The molecule has 0 aromatic rings. The monoisotopic (exact) mass is 424 g/mol. The lowest BCUT2D eigenvalue weighted by Crippen LogP contribution is -2.59. The first-order valence-corrected chi connectivity index (χ1v) is 10.0. The average molecular weight is 424 g/mol. The summed E-state index contributed by atoms with van der Waals surface area (Å²) < 4.78 is 16.4. The lowest BCUT2D eigenvalue weighted by atomic mass is 9.88. The standard InChI is InChI=1S/C21H28O9/c1-11-14-6-5-12(8-22)3-2-4-13(7-15(14)29-20(11)27)10-28-21-19(26)18(25)17(24)16(9-23)30-21/h3,7-8,14-19,21,23-26H,1-2,4-6,9-10H2/b12-3+,13-7+/t14-,15-,16+,17+,18-,19+,21+/m0/s1. The van der Waals surface area contributed by atoms with Crippen molar-refractivity contribution in [1.29, 1.82) is 0 Å². The molecule has 0 unspecified atom stereocenters. The third-order valence-electron chi connectivity index (χ3n) is 5.80. The fourth-order valence-electron chi connectivity index (χ4n) is 3.92. The molecule has 4 N–H and O–H groups in total. The molecule has 9 heteroatoms. The van der Waals surface area contributed by atoms with Crippen LogP contribution >= 0.6 is 0 Å². The summed E-state index contributed by atoms with van der Waals surface area (Å²) in [4.78, 5) is 23.3. The lowest BCUT2D eigenvalue weighted by Gasteiger charge is -2.39. The summed E-state index contributed by atoms with van der Waals surface area (Å²) in [5.74, 6) is -0.715. The molecule has 3 aliphatic rings. The molecule has 1 aliphatic carbocycles. The van der Waals surface area contributed by atoms with Crippen LogP contribution in [0.4, 0.5) is 0 Å². The highest BCUT2D eigenvalue weighted by molar-refractivity contribution is 5.91. The summed E-state index contributed by atoms with van der Waals surface area (Å²) in [7, 11) is 0. The van der Waals surface area contributed by atoms with Crippen molar-refractivity contribution in [2.24, 2.45) is 5.92 Å². The van der Waals surface area contributed by atoms with E-state index in [1.165, 1.54) is 0 Å². The molecule has 2 saturated heterocycles. The van der Waals surface area contributed by atoms with Gasteiger partial charge in [0.05, 0.1) is 13.2 Å². The number of rotatable bonds is 5. The second-order valence-corrected chi connectivity index (χ2v) is 7.81. The SMILES string of the molecule is C=C1C(=O)O[C@H]2/C=C(/CO[C@@H]3O[C@H](CO)[C@@H](O)[C@H](O)[C@H]3O)CC/C=C(/C=O)CC[C@@H]12. The molecule has 30 heavy (non-hydrogen) atoms. The van der Waals surface area contributed by atoms with E-state index in [1.54, 1.807) is 6.08 Å². The van der Waals surface area contributed by atoms with Gasteiger partial charge in [0.2, 0.25) is 0 Å². The minimum atomic E-state index is -1.53. The largest absolute Gasteiger partial charge is 0.454 e. The summed E-state index contributed by atoms with van der Waals surface area (Å²) in [6.45, 7) is 3.27. The van der Waals surface area contributed by atoms with E-state index in [4.69, 9.17) is 14.2 Å². The molecule has 0 aromatic heterocycles. The second kappa shape index (κ2) is 9.95. The highest BCUT2D eigenvalue weighted by Crippen LogP contribution is 2.34. The van der Waals surface area contributed by atoms with Gasteiger partial charge in [-0.2, -0.15) is 0 Å². The molecule has 7 atom stereocenters. The molecular weight excluding hydrogens is 396 g/mol. The fourth-order valence-corrected chi connectivity index (χ4v) is 3.92. The Bertz CT molecular complexity index is 726. The summed E-state index contributed by atoms with van der Waals surface area (Å²) in [6, 6.07) is 0. The summed E-state index contributed by atoms with van der Waals surface area (Å²) in [5, 5.41) is 39.2. The van der Waals surface area contributed by atoms with Gasteiger partial charge in [-0.15, -0.1) is 0 Å². The smallest absolute Gasteiger partial charge is 0.334 e. The third-order valence-corrected chi connectivity index (χ3v) is 5.80. The summed E-state index contributed by atoms with van der Waals surface area (Å²) in [6.07, 6.45) is -0.706. The molecule has 3 rings (SSSR count). The molecule has 166 valence electrons. The number of aliphatic hydroxyl groups is 4. The van der Waals surface area contributed by atoms with E-state index in [0.717, 1.165) is 11.9 Å². The second-order valence-electron chi connectivity index (χ2n) is 7.81. The topological polar surface area (TPSA) is 143 Å². The Kier molecular flexibility index (Phi) is 7.56. The molecule has 0 aromatic carbocycles. The van der Waals surface area contributed by atoms with Crippen LogP contribution in [0.5, 0.6) is 0 Å². The van der Waals surface area contributed by atoms with Crippen LogP contribution in [0.1, 0.15) is 25.7 Å². The van der Waals surface area contributed by atoms with Crippen molar-refractivity contribution in [3.63, 3.8) is 0 Å². The van der Waals surface area contributed by atoms with Crippen molar-refractivity contribution >= 4 is 12.3 Å². The Labute approximate surface area is 174 Å². The molecule has 2 aliphatic heterocycles. The van der Waals surface area contributed by atoms with Gasteiger partial charge in [-0.05, 0) is 42.9 Å². The Hall–Kier alpha value is -1.88. The van der Waals surface area contributed by atoms with Crippen LogP contribution in [-0.4, -0.2) is 82.7 Å². The van der Waals surface area contributed by atoms with Crippen LogP contribution in [0.25, 0.3) is 0 Å². The summed E-state index contributed by atoms with van der Waals surface area (Å²) >= 11 is 0. The molecule has 0 amide bonds. The van der Waals surface area contributed by atoms with Gasteiger partial charge in [-0.1, -0.05) is 12.7 Å². The average Bonchev–Trinajstić information content (AvgIpc) is 3.01. The van der Waals surface area contributed by atoms with Crippen LogP contribution < -0.4 is 0 Å². The van der Waals surface area contributed by atoms with Crippen LogP contribution in [0.3, 0.4) is 0 Å². The number of hydrogen-bond donors (Lipinski definition) is 4. The maximum atomic E-state index is 12.0. The Morgan fingerprint density at radius 1 is 1.20 bits per heavy atom. The van der Waals surface area contributed by atoms with E-state index in [1.807, 2.05) is 6.08 Å². The predicted octanol–water partition coefficient (Wildman–Crippen LogP) is -0.474. The molecule has 9 nitrogen and oxygen atoms in total. The van der Waals surface area contributed by atoms with Crippen molar-refractivity contribution < 1.29 is 44.2 Å². The normalized spacial score (nSPS) is 41.1. The van der Waals surface area contributed by atoms with Gasteiger partial charge < -0.3 is 34.6 Å². The molecule has 0 spiro atoms. The van der Waals surface area contributed by atoms with Crippen LogP contribution in [0.2, 0.25) is 0 Å². The molecule has 2 fully saturated rings. The van der Waals surface area contributed by atoms with Gasteiger partial charge in [0.1, 0.15) is 36.8 Å². The van der Waals surface area contributed by atoms with E-state index in [0.29, 0.717) is 36.8 Å². The van der Waals surface area contributed by atoms with Crippen molar-refractivity contribution in [2.45, 2.75) is 62.5 Å². The number of hydrogen-bond acceptors (Lipinski definition) is 9. The van der Waals surface area contributed by atoms with Gasteiger partial charge in [-0.25, -0.2) is 4.79 Å². The zero-order valence-corrected chi connectivity index (χ0v) is 16.6. The van der Waals surface area contributed by atoms with Crippen molar-refractivity contribution in [1.82, 2.24) is 0 Å². The van der Waals surface area contributed by atoms with Gasteiger partial charge >= 0.3 is 5.97 Å². The first-order valence-electron chi connectivity index (χ1n) is 10.0. The number of aldehydes is 1. The minimum absolute atomic E-state index is 0.000198. The van der Waals surface area contributed by atoms with Crippen LogP contribution in [0.15, 0.2) is 35.5 Å². The Balaban J connectivity index is 1.74. The Morgan fingerprint density at radius 2 is 1.97 bits per heavy atom. The van der Waals surface area contributed by atoms with Gasteiger partial charge in [0, 0.05) is 11.5 Å². The highest BCUT2D eigenvalue weighted by Gasteiger charge is 2.44. The maximum absolute atomic E-state index is 12.0. The molecule has 2 heterocycles. The maximum Gasteiger partial charge on any atom is 0.334 e. The number of carbonyl (C=O) groups excluding carboxylic acids is 2. The number of esters is 1. The number of allylic oxidation sites excluding steroid dienone is 2. The zero-order valence-electron chi connectivity index (χ0n) is 16.6. The van der Waals surface area contributed by atoms with E-state index >= 15 is 0 Å². The quantitative estimate of drug-likeness (QED) is 0.199. The van der Waals surface area contributed by atoms with E-state index in [2.05, 4.69) is 6.58 Å². The number of fused-ring (bicyclic) bond motifs is 1. The van der Waals surface area contributed by atoms with Crippen LogP contribution in [0, 0.1) is 5.92 Å². The fraction of sp³-hybridized carbons (Fsp3) is 0.619. The van der Waals surface area contributed by atoms with Crippen LogP contribution in [-0.2, 0) is 23.8 Å². The predicted molar refractivity (Wildman–Crippen MR) is 103 cm³/mol. The van der Waals surface area contributed by atoms with Gasteiger partial charge in [0.25, 0.3) is 0 Å². The molecule has 0 radical (unpaired) electrons. The van der Waals surface area contributed by atoms with Gasteiger partial charge in [0.15, 0.2) is 6.29 Å². The first-order chi connectivity index (χ1) is 14.3. The van der Waals surface area contributed by atoms with Crippen molar-refractivity contribution in [3.8, 4) is 0 Å². The van der Waals surface area contributed by atoms with Crippen molar-refractivity contribution in [3.05, 3.63) is 35.5 Å². The minimum Gasteiger partial charge on any atom is -0.454 e. The Morgan fingerprint density at radius 3 is 2.67 bits per heavy atom. The highest BCUT2D eigenvalue weighted by atomic mass is 16.7. The van der Waals surface area contributed by atoms with E-state index in [-0.39, 0.29) is 12.5 Å². The van der Waals surface area contributed by atoms with E-state index < -0.39 is 49.4 Å². The zero-order chi connectivity index (χ0) is 21.8. The van der Waals surface area contributed by atoms with Gasteiger partial charge in [-0.3, -0.25) is 4.79 Å². The third kappa shape index (κ3) is 4.88. The number of ether oxygens (including phenoxy) is 3. The molecule has 0 saturated carbocycles. The van der Waals surface area contributed by atoms with Crippen molar-refractivity contribution in [2.75, 3.05) is 13.2 Å². The van der Waals surface area contributed by atoms with E-state index in [9.17, 15) is 30.0 Å².